The minimum atomic E-state index is -1.08. The van der Waals surface area contributed by atoms with E-state index in [9.17, 15) is 14.7 Å². The molecule has 2 aliphatic rings. The van der Waals surface area contributed by atoms with Crippen LogP contribution in [0, 0.1) is 0 Å². The minimum Gasteiger partial charge on any atom is -0.480 e. The van der Waals surface area contributed by atoms with Crippen molar-refractivity contribution < 1.29 is 14.7 Å². The maximum Gasteiger partial charge on any atom is 0.329 e. The van der Waals surface area contributed by atoms with Crippen molar-refractivity contribution in [2.75, 3.05) is 6.54 Å². The average molecular weight is 288 g/mol. The number of benzene rings is 1. The van der Waals surface area contributed by atoms with Crippen LogP contribution in [0.4, 0.5) is 0 Å². The minimum absolute atomic E-state index is 0.230. The number of nitrogens with one attached hydrogen (secondary N) is 2. The summed E-state index contributed by atoms with van der Waals surface area (Å²) in [5.74, 6) is -1.15. The van der Waals surface area contributed by atoms with Crippen LogP contribution in [0.1, 0.15) is 42.9 Å². The Morgan fingerprint density at radius 3 is 2.67 bits per heavy atom. The largest absolute Gasteiger partial charge is 0.480 e. The lowest BCUT2D eigenvalue weighted by Gasteiger charge is -2.31. The number of carbonyl (C=O) groups is 2. The Bertz CT molecular complexity index is 564. The number of rotatable bonds is 3. The number of fused-ring (bicyclic) bond motifs is 1. The van der Waals surface area contributed by atoms with Gasteiger partial charge in [-0.3, -0.25) is 4.79 Å². The van der Waals surface area contributed by atoms with E-state index in [4.69, 9.17) is 0 Å². The highest BCUT2D eigenvalue weighted by molar-refractivity contribution is 5.90. The molecule has 1 unspecified atom stereocenters. The van der Waals surface area contributed by atoms with E-state index in [1.54, 1.807) is 0 Å². The van der Waals surface area contributed by atoms with Crippen LogP contribution in [-0.2, 0) is 16.0 Å². The Morgan fingerprint density at radius 2 is 1.95 bits per heavy atom. The summed E-state index contributed by atoms with van der Waals surface area (Å²) in [6, 6.07) is 7.39. The third-order valence-corrected chi connectivity index (χ3v) is 4.60. The first-order chi connectivity index (χ1) is 10.1. The van der Waals surface area contributed by atoms with Crippen LogP contribution in [0.25, 0.3) is 0 Å². The standard InChI is InChI=1S/C16H20N2O3/c19-14(18-16(15(20)21)8-3-4-9-16)13-12-6-2-1-5-11(12)7-10-17-13/h1-2,5-6,13,17H,3-4,7-10H2,(H,18,19)(H,20,21). The Balaban J connectivity index is 1.82. The van der Waals surface area contributed by atoms with Crippen molar-refractivity contribution in [3.8, 4) is 0 Å². The maximum absolute atomic E-state index is 12.6. The van der Waals surface area contributed by atoms with Gasteiger partial charge < -0.3 is 15.7 Å². The first-order valence-electron chi connectivity index (χ1n) is 7.49. The van der Waals surface area contributed by atoms with E-state index in [1.165, 1.54) is 0 Å². The van der Waals surface area contributed by atoms with E-state index < -0.39 is 17.6 Å². The van der Waals surface area contributed by atoms with Crippen LogP contribution < -0.4 is 10.6 Å². The van der Waals surface area contributed by atoms with Crippen molar-refractivity contribution in [3.63, 3.8) is 0 Å². The summed E-state index contributed by atoms with van der Waals surface area (Å²) in [6.07, 6.45) is 3.62. The Morgan fingerprint density at radius 1 is 1.24 bits per heavy atom. The monoisotopic (exact) mass is 288 g/mol. The normalized spacial score (nSPS) is 23.3. The molecule has 1 aliphatic carbocycles. The number of carboxylic acids is 1. The third kappa shape index (κ3) is 2.53. The molecule has 1 fully saturated rings. The van der Waals surface area contributed by atoms with Crippen LogP contribution in [0.15, 0.2) is 24.3 Å². The van der Waals surface area contributed by atoms with Crippen molar-refractivity contribution >= 4 is 11.9 Å². The average Bonchev–Trinajstić information content (AvgIpc) is 2.96. The molecular formula is C16H20N2O3. The molecule has 1 aromatic rings. The summed E-state index contributed by atoms with van der Waals surface area (Å²) in [4.78, 5) is 24.1. The molecule has 1 heterocycles. The third-order valence-electron chi connectivity index (χ3n) is 4.60. The summed E-state index contributed by atoms with van der Waals surface area (Å²) < 4.78 is 0. The van der Waals surface area contributed by atoms with Crippen LogP contribution in [0.2, 0.25) is 0 Å². The van der Waals surface area contributed by atoms with E-state index in [0.29, 0.717) is 12.8 Å². The highest BCUT2D eigenvalue weighted by atomic mass is 16.4. The van der Waals surface area contributed by atoms with Gasteiger partial charge in [-0.2, -0.15) is 0 Å². The Hall–Kier alpha value is -1.88. The van der Waals surface area contributed by atoms with Crippen molar-refractivity contribution in [1.82, 2.24) is 10.6 Å². The first-order valence-corrected chi connectivity index (χ1v) is 7.49. The zero-order valence-electron chi connectivity index (χ0n) is 11.9. The van der Waals surface area contributed by atoms with E-state index in [-0.39, 0.29) is 5.91 Å². The zero-order valence-corrected chi connectivity index (χ0v) is 11.9. The molecule has 0 saturated heterocycles. The number of hydrogen-bond acceptors (Lipinski definition) is 3. The number of carboxylic acid groups (broad SMARTS) is 1. The summed E-state index contributed by atoms with van der Waals surface area (Å²) in [6.45, 7) is 0.731. The topological polar surface area (TPSA) is 78.4 Å². The van der Waals surface area contributed by atoms with E-state index in [1.807, 2.05) is 24.3 Å². The second kappa shape index (κ2) is 5.48. The highest BCUT2D eigenvalue weighted by Gasteiger charge is 2.44. The molecule has 3 rings (SSSR count). The van der Waals surface area contributed by atoms with Gasteiger partial charge in [0, 0.05) is 6.54 Å². The van der Waals surface area contributed by atoms with Crippen LogP contribution >= 0.6 is 0 Å². The second-order valence-electron chi connectivity index (χ2n) is 5.92. The molecule has 1 aliphatic heterocycles. The molecule has 1 atom stereocenters. The van der Waals surface area contributed by atoms with Crippen molar-refractivity contribution in [3.05, 3.63) is 35.4 Å². The van der Waals surface area contributed by atoms with Gasteiger partial charge in [0.15, 0.2) is 0 Å². The summed E-state index contributed by atoms with van der Waals surface area (Å²) in [5.41, 5.74) is 1.04. The molecular weight excluding hydrogens is 268 g/mol. The van der Waals surface area contributed by atoms with Gasteiger partial charge in [0.2, 0.25) is 5.91 Å². The first kappa shape index (κ1) is 14.1. The fourth-order valence-electron chi connectivity index (χ4n) is 3.42. The molecule has 5 heteroatoms. The number of hydrogen-bond donors (Lipinski definition) is 3. The van der Waals surface area contributed by atoms with Crippen molar-refractivity contribution in [2.45, 2.75) is 43.7 Å². The molecule has 112 valence electrons. The molecule has 21 heavy (non-hydrogen) atoms. The summed E-state index contributed by atoms with van der Waals surface area (Å²) in [5, 5.41) is 15.5. The molecule has 0 aromatic heterocycles. The number of carbonyl (C=O) groups excluding carboxylic acids is 1. The van der Waals surface area contributed by atoms with Gasteiger partial charge in [0.05, 0.1) is 0 Å². The summed E-state index contributed by atoms with van der Waals surface area (Å²) in [7, 11) is 0. The molecule has 1 aromatic carbocycles. The highest BCUT2D eigenvalue weighted by Crippen LogP contribution is 2.31. The maximum atomic E-state index is 12.6. The quantitative estimate of drug-likeness (QED) is 0.785. The van der Waals surface area contributed by atoms with Gasteiger partial charge in [-0.1, -0.05) is 37.1 Å². The molecule has 5 nitrogen and oxygen atoms in total. The van der Waals surface area contributed by atoms with Crippen LogP contribution in [0.5, 0.6) is 0 Å². The number of amides is 1. The molecule has 0 spiro atoms. The second-order valence-corrected chi connectivity index (χ2v) is 5.92. The Kier molecular flexibility index (Phi) is 3.68. The molecule has 1 saturated carbocycles. The van der Waals surface area contributed by atoms with Gasteiger partial charge in [-0.05, 0) is 30.4 Å². The van der Waals surface area contributed by atoms with Gasteiger partial charge in [0.25, 0.3) is 0 Å². The smallest absolute Gasteiger partial charge is 0.329 e. The zero-order chi connectivity index (χ0) is 14.9. The van der Waals surface area contributed by atoms with Crippen LogP contribution in [-0.4, -0.2) is 29.1 Å². The van der Waals surface area contributed by atoms with Gasteiger partial charge >= 0.3 is 5.97 Å². The fourth-order valence-corrected chi connectivity index (χ4v) is 3.42. The van der Waals surface area contributed by atoms with Gasteiger partial charge in [-0.25, -0.2) is 4.79 Å². The van der Waals surface area contributed by atoms with E-state index >= 15 is 0 Å². The van der Waals surface area contributed by atoms with Crippen molar-refractivity contribution in [1.29, 1.82) is 0 Å². The SMILES string of the molecule is O=C(NC1(C(=O)O)CCCC1)C1NCCc2ccccc21. The molecule has 3 N–H and O–H groups in total. The lowest BCUT2D eigenvalue weighted by atomic mass is 9.92. The molecule has 1 amide bonds. The predicted molar refractivity (Wildman–Crippen MR) is 77.9 cm³/mol. The molecule has 0 bridgehead atoms. The van der Waals surface area contributed by atoms with Gasteiger partial charge in [-0.15, -0.1) is 0 Å². The van der Waals surface area contributed by atoms with Crippen LogP contribution in [0.3, 0.4) is 0 Å². The fraction of sp³-hybridized carbons (Fsp3) is 0.500. The van der Waals surface area contributed by atoms with E-state index in [2.05, 4.69) is 10.6 Å². The Labute approximate surface area is 123 Å². The lowest BCUT2D eigenvalue weighted by Crippen LogP contribution is -2.55. The number of aliphatic carboxylic acids is 1. The predicted octanol–water partition coefficient (Wildman–Crippen LogP) is 1.39. The molecule has 0 radical (unpaired) electrons. The summed E-state index contributed by atoms with van der Waals surface area (Å²) >= 11 is 0. The van der Waals surface area contributed by atoms with E-state index in [0.717, 1.165) is 36.9 Å². The lowest BCUT2D eigenvalue weighted by molar-refractivity contribution is -0.147. The van der Waals surface area contributed by atoms with Crippen molar-refractivity contribution in [2.24, 2.45) is 0 Å². The van der Waals surface area contributed by atoms with Gasteiger partial charge in [0.1, 0.15) is 11.6 Å².